The Kier molecular flexibility index (Phi) is 7.88. The topological polar surface area (TPSA) is 41.1 Å². The summed E-state index contributed by atoms with van der Waals surface area (Å²) in [6.45, 7) is 10.3. The van der Waals surface area contributed by atoms with Gasteiger partial charge in [0.25, 0.3) is 0 Å². The summed E-state index contributed by atoms with van der Waals surface area (Å²) in [6.07, 6.45) is 4.08. The van der Waals surface area contributed by atoms with Crippen LogP contribution < -0.4 is 10.6 Å². The molecular weight excluding hydrogens is 232 g/mol. The third kappa shape index (κ3) is 6.94. The molecule has 0 aromatic heterocycles. The van der Waals surface area contributed by atoms with Crippen LogP contribution in [0.15, 0.2) is 0 Å². The van der Waals surface area contributed by atoms with Crippen LogP contribution in [0.25, 0.3) is 0 Å². The highest BCUT2D eigenvalue weighted by atomic mass is 32.2. The summed E-state index contributed by atoms with van der Waals surface area (Å²) in [7, 11) is 0. The minimum Gasteiger partial charge on any atom is -0.350 e. The zero-order valence-corrected chi connectivity index (χ0v) is 12.9. The molecule has 2 N–H and O–H groups in total. The van der Waals surface area contributed by atoms with Crippen molar-refractivity contribution in [3.05, 3.63) is 0 Å². The van der Waals surface area contributed by atoms with E-state index in [2.05, 4.69) is 44.6 Å². The molecule has 0 aliphatic carbocycles. The molecule has 0 aliphatic rings. The van der Waals surface area contributed by atoms with E-state index in [-0.39, 0.29) is 17.5 Å². The number of amides is 1. The Labute approximate surface area is 111 Å². The predicted molar refractivity (Wildman–Crippen MR) is 77.6 cm³/mol. The Morgan fingerprint density at radius 3 is 2.35 bits per heavy atom. The van der Waals surface area contributed by atoms with E-state index in [1.807, 2.05) is 18.7 Å². The Morgan fingerprint density at radius 2 is 1.94 bits per heavy atom. The van der Waals surface area contributed by atoms with Crippen molar-refractivity contribution in [2.24, 2.45) is 0 Å². The molecule has 0 aliphatic heterocycles. The van der Waals surface area contributed by atoms with Gasteiger partial charge in [-0.3, -0.25) is 4.79 Å². The molecule has 0 radical (unpaired) electrons. The van der Waals surface area contributed by atoms with Crippen molar-refractivity contribution in [1.82, 2.24) is 10.6 Å². The molecule has 102 valence electrons. The lowest BCUT2D eigenvalue weighted by Gasteiger charge is -2.28. The largest absolute Gasteiger partial charge is 0.350 e. The number of carbonyl (C=O) groups is 1. The summed E-state index contributed by atoms with van der Waals surface area (Å²) >= 11 is 1.81. The number of carbonyl (C=O) groups excluding carboxylic acids is 1. The van der Waals surface area contributed by atoms with Crippen LogP contribution in [0.1, 0.15) is 47.5 Å². The summed E-state index contributed by atoms with van der Waals surface area (Å²) < 4.78 is 0. The number of hydrogen-bond acceptors (Lipinski definition) is 3. The highest BCUT2D eigenvalue weighted by molar-refractivity contribution is 7.98. The van der Waals surface area contributed by atoms with Gasteiger partial charge in [0.05, 0.1) is 6.04 Å². The molecule has 2 atom stereocenters. The molecule has 0 saturated heterocycles. The van der Waals surface area contributed by atoms with Crippen molar-refractivity contribution < 1.29 is 4.79 Å². The van der Waals surface area contributed by atoms with Crippen LogP contribution in [-0.4, -0.2) is 35.5 Å². The lowest BCUT2D eigenvalue weighted by atomic mass is 10.0. The predicted octanol–water partition coefficient (Wildman–Crippen LogP) is 2.41. The molecule has 0 fully saturated rings. The summed E-state index contributed by atoms with van der Waals surface area (Å²) in [4.78, 5) is 12.0. The molecule has 0 heterocycles. The fraction of sp³-hybridized carbons (Fsp3) is 0.923. The van der Waals surface area contributed by atoms with E-state index in [1.165, 1.54) is 0 Å². The molecule has 4 heteroatoms. The van der Waals surface area contributed by atoms with Gasteiger partial charge in [-0.15, -0.1) is 0 Å². The van der Waals surface area contributed by atoms with Gasteiger partial charge in [0.15, 0.2) is 0 Å². The van der Waals surface area contributed by atoms with E-state index in [4.69, 9.17) is 0 Å². The van der Waals surface area contributed by atoms with Crippen LogP contribution in [0, 0.1) is 0 Å². The molecule has 0 aromatic rings. The number of rotatable bonds is 8. The van der Waals surface area contributed by atoms with Gasteiger partial charge in [0.2, 0.25) is 5.91 Å². The third-order valence-corrected chi connectivity index (χ3v) is 3.82. The van der Waals surface area contributed by atoms with Crippen molar-refractivity contribution in [3.8, 4) is 0 Å². The highest BCUT2D eigenvalue weighted by Gasteiger charge is 2.22. The molecule has 1 amide bonds. The maximum atomic E-state index is 12.0. The Hall–Kier alpha value is -0.220. The van der Waals surface area contributed by atoms with E-state index in [0.717, 1.165) is 18.6 Å². The van der Waals surface area contributed by atoms with Crippen LogP contribution in [-0.2, 0) is 4.79 Å². The van der Waals surface area contributed by atoms with Gasteiger partial charge >= 0.3 is 0 Å². The summed E-state index contributed by atoms with van der Waals surface area (Å²) in [6, 6.07) is 0.286. The SMILES string of the molecule is CCC(CSC)NC(C)C(=O)NC(C)(C)CC. The minimum absolute atomic E-state index is 0.0939. The van der Waals surface area contributed by atoms with E-state index in [1.54, 1.807) is 0 Å². The van der Waals surface area contributed by atoms with Crippen molar-refractivity contribution in [2.45, 2.75) is 65.1 Å². The molecule has 17 heavy (non-hydrogen) atoms. The normalized spacial score (nSPS) is 15.4. The maximum absolute atomic E-state index is 12.0. The van der Waals surface area contributed by atoms with Gasteiger partial charge in [-0.1, -0.05) is 13.8 Å². The van der Waals surface area contributed by atoms with Gasteiger partial charge in [0, 0.05) is 17.3 Å². The summed E-state index contributed by atoms with van der Waals surface area (Å²) in [5.41, 5.74) is -0.117. The van der Waals surface area contributed by atoms with Crippen LogP contribution in [0.5, 0.6) is 0 Å². The molecule has 0 aromatic carbocycles. The van der Waals surface area contributed by atoms with Gasteiger partial charge in [-0.2, -0.15) is 11.8 Å². The van der Waals surface area contributed by atoms with E-state index >= 15 is 0 Å². The highest BCUT2D eigenvalue weighted by Crippen LogP contribution is 2.08. The average molecular weight is 260 g/mol. The average Bonchev–Trinajstić information content (AvgIpc) is 2.27. The molecular formula is C13H28N2OS. The smallest absolute Gasteiger partial charge is 0.237 e. The molecule has 3 nitrogen and oxygen atoms in total. The molecule has 2 unspecified atom stereocenters. The Balaban J connectivity index is 4.21. The number of hydrogen-bond donors (Lipinski definition) is 2. The lowest BCUT2D eigenvalue weighted by Crippen LogP contribution is -2.53. The van der Waals surface area contributed by atoms with Gasteiger partial charge < -0.3 is 10.6 Å². The first kappa shape index (κ1) is 16.8. The fourth-order valence-electron chi connectivity index (χ4n) is 1.44. The number of thioether (sulfide) groups is 1. The zero-order valence-electron chi connectivity index (χ0n) is 12.1. The van der Waals surface area contributed by atoms with Crippen molar-refractivity contribution >= 4 is 17.7 Å². The molecule has 0 rings (SSSR count). The quantitative estimate of drug-likeness (QED) is 0.704. The van der Waals surface area contributed by atoms with Crippen molar-refractivity contribution in [3.63, 3.8) is 0 Å². The third-order valence-electron chi connectivity index (χ3n) is 3.09. The van der Waals surface area contributed by atoms with Gasteiger partial charge in [0.1, 0.15) is 0 Å². The molecule has 0 bridgehead atoms. The Bertz CT molecular complexity index is 231. The maximum Gasteiger partial charge on any atom is 0.237 e. The van der Waals surface area contributed by atoms with Crippen molar-refractivity contribution in [1.29, 1.82) is 0 Å². The first-order valence-electron chi connectivity index (χ1n) is 6.43. The van der Waals surface area contributed by atoms with Crippen LogP contribution >= 0.6 is 11.8 Å². The molecule has 0 spiro atoms. The minimum atomic E-state index is -0.127. The van der Waals surface area contributed by atoms with E-state index in [9.17, 15) is 4.79 Å². The van der Waals surface area contributed by atoms with E-state index in [0.29, 0.717) is 6.04 Å². The summed E-state index contributed by atoms with van der Waals surface area (Å²) in [5, 5.41) is 6.45. The van der Waals surface area contributed by atoms with Crippen molar-refractivity contribution in [2.75, 3.05) is 12.0 Å². The standard InChI is InChI=1S/C13H28N2OS/c1-7-11(9-17-6)14-10(3)12(16)15-13(4,5)8-2/h10-11,14H,7-9H2,1-6H3,(H,15,16). The second-order valence-corrected chi connectivity index (χ2v) is 6.09. The summed E-state index contributed by atoms with van der Waals surface area (Å²) in [5.74, 6) is 1.14. The van der Waals surface area contributed by atoms with Crippen LogP contribution in [0.2, 0.25) is 0 Å². The second-order valence-electron chi connectivity index (χ2n) is 5.18. The van der Waals surface area contributed by atoms with Crippen LogP contribution in [0.4, 0.5) is 0 Å². The fourth-order valence-corrected chi connectivity index (χ4v) is 2.18. The number of nitrogens with one attached hydrogen (secondary N) is 2. The zero-order chi connectivity index (χ0) is 13.5. The second kappa shape index (κ2) is 7.98. The lowest BCUT2D eigenvalue weighted by molar-refractivity contribution is -0.124. The van der Waals surface area contributed by atoms with Gasteiger partial charge in [-0.25, -0.2) is 0 Å². The molecule has 0 saturated carbocycles. The van der Waals surface area contributed by atoms with Gasteiger partial charge in [-0.05, 0) is 39.9 Å². The monoisotopic (exact) mass is 260 g/mol. The van der Waals surface area contributed by atoms with Crippen LogP contribution in [0.3, 0.4) is 0 Å². The first-order chi connectivity index (χ1) is 7.86. The Morgan fingerprint density at radius 1 is 1.35 bits per heavy atom. The first-order valence-corrected chi connectivity index (χ1v) is 7.82. The van der Waals surface area contributed by atoms with E-state index < -0.39 is 0 Å².